The molecule has 0 aliphatic rings. The van der Waals surface area contributed by atoms with E-state index >= 15 is 0 Å². The van der Waals surface area contributed by atoms with Crippen LogP contribution in [-0.4, -0.2) is 17.4 Å². The molecule has 2 nitrogen and oxygen atoms in total. The van der Waals surface area contributed by atoms with Crippen LogP contribution in [-0.2, 0) is 0 Å². The Bertz CT molecular complexity index is 382. The summed E-state index contributed by atoms with van der Waals surface area (Å²) in [7, 11) is 0. The van der Waals surface area contributed by atoms with E-state index < -0.39 is 24.1 Å². The highest BCUT2D eigenvalue weighted by Crippen LogP contribution is 2.30. The van der Waals surface area contributed by atoms with Crippen LogP contribution in [0.4, 0.5) is 17.6 Å². The largest absolute Gasteiger partial charge is 0.416 e. The Labute approximate surface area is 103 Å². The Balaban J connectivity index is 3.05. The van der Waals surface area contributed by atoms with Crippen molar-refractivity contribution in [3.8, 4) is 0 Å². The fraction of sp³-hybridized carbons (Fsp3) is 0.333. The van der Waals surface area contributed by atoms with Gasteiger partial charge in [-0.15, -0.1) is 0 Å². The van der Waals surface area contributed by atoms with E-state index in [-0.39, 0.29) is 5.56 Å². The maximum absolute atomic E-state index is 13.2. The molecule has 0 heterocycles. The lowest BCUT2D eigenvalue weighted by atomic mass is 10.0. The molecule has 90 valence electrons. The molecule has 1 rings (SSSR count). The maximum atomic E-state index is 13.2. The first-order valence-electron chi connectivity index (χ1n) is 4.19. The average Bonchev–Trinajstić information content (AvgIpc) is 2.18. The lowest BCUT2D eigenvalue weighted by Crippen LogP contribution is -2.39. The van der Waals surface area contributed by atoms with Crippen molar-refractivity contribution in [1.82, 2.24) is 0 Å². The molecule has 0 fully saturated rings. The van der Waals surface area contributed by atoms with Crippen LogP contribution in [0.15, 0.2) is 18.2 Å². The lowest BCUT2D eigenvalue weighted by molar-refractivity contribution is -0.210. The molecule has 0 saturated carbocycles. The zero-order valence-corrected chi connectivity index (χ0v) is 9.96. The van der Waals surface area contributed by atoms with Crippen LogP contribution in [0.2, 0.25) is 0 Å². The molecule has 0 unspecified atom stereocenters. The van der Waals surface area contributed by atoms with Gasteiger partial charge in [-0.05, 0) is 40.8 Å². The minimum atomic E-state index is -4.87. The van der Waals surface area contributed by atoms with Gasteiger partial charge in [0.1, 0.15) is 5.82 Å². The van der Waals surface area contributed by atoms with Crippen LogP contribution in [0.5, 0.6) is 0 Å². The molecule has 0 radical (unpaired) electrons. The molecular weight excluding hydrogens is 341 g/mol. The van der Waals surface area contributed by atoms with Crippen molar-refractivity contribution < 1.29 is 22.7 Å². The molecule has 1 aromatic carbocycles. The van der Waals surface area contributed by atoms with E-state index in [1.807, 2.05) is 22.6 Å². The third kappa shape index (κ3) is 3.05. The third-order valence-electron chi connectivity index (χ3n) is 1.99. The van der Waals surface area contributed by atoms with E-state index in [1.165, 1.54) is 12.1 Å². The number of aliphatic hydroxyl groups is 1. The number of nitrogens with two attached hydrogens (primary N) is 1. The Morgan fingerprint density at radius 2 is 1.88 bits per heavy atom. The molecule has 3 N–H and O–H groups in total. The second-order valence-corrected chi connectivity index (χ2v) is 4.42. The highest BCUT2D eigenvalue weighted by Gasteiger charge is 2.43. The first kappa shape index (κ1) is 13.7. The van der Waals surface area contributed by atoms with Crippen molar-refractivity contribution in [3.63, 3.8) is 0 Å². The molecule has 7 heteroatoms. The molecule has 0 bridgehead atoms. The second-order valence-electron chi connectivity index (χ2n) is 3.18. The van der Waals surface area contributed by atoms with Crippen LogP contribution < -0.4 is 5.73 Å². The molecule has 0 aliphatic carbocycles. The summed E-state index contributed by atoms with van der Waals surface area (Å²) in [5, 5.41) is 8.90. The SMILES string of the molecule is N[C@H](c1cc(I)ccc1F)[C@@H](O)C(F)(F)F. The van der Waals surface area contributed by atoms with Gasteiger partial charge in [-0.2, -0.15) is 13.2 Å². The fourth-order valence-electron chi connectivity index (χ4n) is 1.14. The smallest absolute Gasteiger partial charge is 0.382 e. The molecular formula is C9H8F4INO. The van der Waals surface area contributed by atoms with Crippen molar-refractivity contribution in [2.24, 2.45) is 5.73 Å². The molecule has 2 atom stereocenters. The van der Waals surface area contributed by atoms with Crippen LogP contribution in [0.25, 0.3) is 0 Å². The summed E-state index contributed by atoms with van der Waals surface area (Å²) in [6.45, 7) is 0. The number of hydrogen-bond acceptors (Lipinski definition) is 2. The number of alkyl halides is 3. The summed E-state index contributed by atoms with van der Waals surface area (Å²) in [4.78, 5) is 0. The zero-order chi connectivity index (χ0) is 12.5. The number of rotatable bonds is 2. The summed E-state index contributed by atoms with van der Waals surface area (Å²) in [6.07, 6.45) is -7.65. The van der Waals surface area contributed by atoms with Crippen molar-refractivity contribution in [1.29, 1.82) is 0 Å². The van der Waals surface area contributed by atoms with E-state index in [1.54, 1.807) is 0 Å². The van der Waals surface area contributed by atoms with Gasteiger partial charge in [-0.3, -0.25) is 0 Å². The van der Waals surface area contributed by atoms with Crippen LogP contribution in [0, 0.1) is 9.39 Å². The first-order valence-corrected chi connectivity index (χ1v) is 5.26. The third-order valence-corrected chi connectivity index (χ3v) is 2.66. The van der Waals surface area contributed by atoms with Crippen molar-refractivity contribution in [2.75, 3.05) is 0 Å². The standard InChI is InChI=1S/C9H8F4INO/c10-6-2-1-4(14)3-5(6)7(15)8(16)9(11,12)13/h1-3,7-8,16H,15H2/t7-,8-/m1/s1. The average molecular weight is 349 g/mol. The van der Waals surface area contributed by atoms with Gasteiger partial charge < -0.3 is 10.8 Å². The summed E-state index contributed by atoms with van der Waals surface area (Å²) in [6, 6.07) is 1.76. The highest BCUT2D eigenvalue weighted by molar-refractivity contribution is 14.1. The highest BCUT2D eigenvalue weighted by atomic mass is 127. The van der Waals surface area contributed by atoms with Gasteiger partial charge in [0.2, 0.25) is 0 Å². The molecule has 0 saturated heterocycles. The monoisotopic (exact) mass is 349 g/mol. The Kier molecular flexibility index (Phi) is 4.13. The van der Waals surface area contributed by atoms with Gasteiger partial charge in [-0.1, -0.05) is 0 Å². The zero-order valence-electron chi connectivity index (χ0n) is 7.80. The number of hydrogen-bond donors (Lipinski definition) is 2. The van der Waals surface area contributed by atoms with Gasteiger partial charge in [-0.25, -0.2) is 4.39 Å². The van der Waals surface area contributed by atoms with Crippen LogP contribution in [0.1, 0.15) is 11.6 Å². The molecule has 0 aliphatic heterocycles. The van der Waals surface area contributed by atoms with Gasteiger partial charge in [0.15, 0.2) is 6.10 Å². The van der Waals surface area contributed by atoms with Gasteiger partial charge >= 0.3 is 6.18 Å². The van der Waals surface area contributed by atoms with Crippen molar-refractivity contribution in [2.45, 2.75) is 18.3 Å². The van der Waals surface area contributed by atoms with Crippen LogP contribution in [0.3, 0.4) is 0 Å². The van der Waals surface area contributed by atoms with Crippen molar-refractivity contribution >= 4 is 22.6 Å². The number of halogens is 5. The quantitative estimate of drug-likeness (QED) is 0.636. The van der Waals surface area contributed by atoms with E-state index in [9.17, 15) is 17.6 Å². The predicted molar refractivity (Wildman–Crippen MR) is 58.1 cm³/mol. The molecule has 0 spiro atoms. The molecule has 16 heavy (non-hydrogen) atoms. The molecule has 0 aromatic heterocycles. The summed E-state index contributed by atoms with van der Waals surface area (Å²) in [5.74, 6) is -0.865. The van der Waals surface area contributed by atoms with Gasteiger partial charge in [0, 0.05) is 9.13 Å². The van der Waals surface area contributed by atoms with Crippen LogP contribution >= 0.6 is 22.6 Å². The summed E-state index contributed by atoms with van der Waals surface area (Å²) in [5.41, 5.74) is 4.83. The minimum absolute atomic E-state index is 0.350. The molecule has 1 aromatic rings. The van der Waals surface area contributed by atoms with Gasteiger partial charge in [0.25, 0.3) is 0 Å². The Morgan fingerprint density at radius 1 is 1.31 bits per heavy atom. The predicted octanol–water partition coefficient (Wildman–Crippen LogP) is 2.35. The lowest BCUT2D eigenvalue weighted by Gasteiger charge is -2.22. The summed E-state index contributed by atoms with van der Waals surface area (Å²) < 4.78 is 50.2. The second kappa shape index (κ2) is 4.84. The van der Waals surface area contributed by atoms with Crippen molar-refractivity contribution in [3.05, 3.63) is 33.1 Å². The van der Waals surface area contributed by atoms with E-state index in [0.717, 1.165) is 6.07 Å². The van der Waals surface area contributed by atoms with E-state index in [2.05, 4.69) is 0 Å². The molecule has 0 amide bonds. The Hall–Kier alpha value is -0.410. The normalized spacial score (nSPS) is 15.9. The number of aliphatic hydroxyl groups excluding tert-OH is 1. The first-order chi connectivity index (χ1) is 7.23. The summed E-state index contributed by atoms with van der Waals surface area (Å²) >= 11 is 1.81. The fourth-order valence-corrected chi connectivity index (χ4v) is 1.66. The van der Waals surface area contributed by atoms with Gasteiger partial charge in [0.05, 0.1) is 6.04 Å². The topological polar surface area (TPSA) is 46.2 Å². The van der Waals surface area contributed by atoms with E-state index in [0.29, 0.717) is 3.57 Å². The van der Waals surface area contributed by atoms with E-state index in [4.69, 9.17) is 10.8 Å². The number of benzene rings is 1. The minimum Gasteiger partial charge on any atom is -0.382 e. The maximum Gasteiger partial charge on any atom is 0.416 e. The Morgan fingerprint density at radius 3 is 2.38 bits per heavy atom.